The van der Waals surface area contributed by atoms with Crippen LogP contribution >= 0.6 is 11.3 Å². The average molecular weight is 250 g/mol. The van der Waals surface area contributed by atoms with E-state index in [-0.39, 0.29) is 0 Å². The minimum atomic E-state index is 0.792. The Balaban J connectivity index is 1.74. The van der Waals surface area contributed by atoms with Crippen molar-refractivity contribution >= 4 is 11.3 Å². The highest BCUT2D eigenvalue weighted by Crippen LogP contribution is 2.30. The van der Waals surface area contributed by atoms with Gasteiger partial charge in [0.05, 0.1) is 0 Å². The molecule has 0 aliphatic carbocycles. The maximum absolute atomic E-state index is 2.73. The summed E-state index contributed by atoms with van der Waals surface area (Å²) in [7, 11) is 2.28. The summed E-state index contributed by atoms with van der Waals surface area (Å²) in [4.78, 5) is 6.83. The fourth-order valence-electron chi connectivity index (χ4n) is 3.36. The number of hydrogen-bond donors (Lipinski definition) is 0. The van der Waals surface area contributed by atoms with E-state index >= 15 is 0 Å². The highest BCUT2D eigenvalue weighted by molar-refractivity contribution is 7.10. The second kappa shape index (κ2) is 4.71. The summed E-state index contributed by atoms with van der Waals surface area (Å²) in [6, 6.07) is 3.04. The van der Waals surface area contributed by atoms with Crippen LogP contribution in [0.2, 0.25) is 0 Å². The molecule has 2 atom stereocenters. The number of thiophene rings is 1. The van der Waals surface area contributed by atoms with Crippen LogP contribution in [0.5, 0.6) is 0 Å². The monoisotopic (exact) mass is 250 g/mol. The zero-order chi connectivity index (χ0) is 11.8. The van der Waals surface area contributed by atoms with Crippen molar-refractivity contribution in [1.29, 1.82) is 0 Å². The van der Waals surface area contributed by atoms with Crippen LogP contribution in [0.4, 0.5) is 0 Å². The van der Waals surface area contributed by atoms with Crippen LogP contribution in [0, 0.1) is 12.8 Å². The van der Waals surface area contributed by atoms with E-state index in [1.165, 1.54) is 44.6 Å². The van der Waals surface area contributed by atoms with Crippen LogP contribution in [0.25, 0.3) is 0 Å². The van der Waals surface area contributed by atoms with Gasteiger partial charge in [-0.2, -0.15) is 0 Å². The summed E-state index contributed by atoms with van der Waals surface area (Å²) in [5.41, 5.74) is 1.48. The molecule has 94 valence electrons. The van der Waals surface area contributed by atoms with Gasteiger partial charge in [-0.15, -0.1) is 11.3 Å². The summed E-state index contributed by atoms with van der Waals surface area (Å²) in [5, 5.41) is 2.23. The van der Waals surface area contributed by atoms with Gasteiger partial charge in [-0.1, -0.05) is 0 Å². The molecule has 1 aromatic heterocycles. The van der Waals surface area contributed by atoms with Gasteiger partial charge < -0.3 is 4.90 Å². The number of aryl methyl sites for hydroxylation is 1. The molecule has 1 aromatic rings. The third-order valence-electron chi connectivity index (χ3n) is 4.32. The maximum Gasteiger partial charge on any atom is 0.0334 e. The third-order valence-corrected chi connectivity index (χ3v) is 5.33. The van der Waals surface area contributed by atoms with Crippen molar-refractivity contribution in [2.75, 3.05) is 26.7 Å². The van der Waals surface area contributed by atoms with Crippen LogP contribution in [0.15, 0.2) is 11.4 Å². The molecular formula is C14H22N2S. The Kier molecular flexibility index (Phi) is 3.24. The number of fused-ring (bicyclic) bond motifs is 4. The molecule has 0 radical (unpaired) electrons. The first-order valence-electron chi connectivity index (χ1n) is 6.68. The molecule has 0 saturated carbocycles. The first-order valence-corrected chi connectivity index (χ1v) is 7.56. The van der Waals surface area contributed by atoms with Crippen molar-refractivity contribution in [2.45, 2.75) is 32.4 Å². The van der Waals surface area contributed by atoms with Gasteiger partial charge in [-0.25, -0.2) is 0 Å². The molecule has 3 aliphatic rings. The Hall–Kier alpha value is -0.380. The van der Waals surface area contributed by atoms with E-state index in [9.17, 15) is 0 Å². The molecule has 3 heteroatoms. The van der Waals surface area contributed by atoms with Gasteiger partial charge in [-0.3, -0.25) is 4.90 Å². The molecule has 3 aliphatic heterocycles. The van der Waals surface area contributed by atoms with Crippen LogP contribution in [-0.4, -0.2) is 42.5 Å². The molecule has 4 rings (SSSR count). The molecule has 3 saturated heterocycles. The van der Waals surface area contributed by atoms with E-state index in [1.54, 1.807) is 4.88 Å². The lowest BCUT2D eigenvalue weighted by Gasteiger charge is -2.36. The molecule has 0 amide bonds. The quantitative estimate of drug-likeness (QED) is 0.796. The second-order valence-corrected chi connectivity index (χ2v) is 6.78. The van der Waals surface area contributed by atoms with Gasteiger partial charge in [0, 0.05) is 37.1 Å². The van der Waals surface area contributed by atoms with Crippen molar-refractivity contribution < 1.29 is 0 Å². The van der Waals surface area contributed by atoms with E-state index in [1.807, 2.05) is 11.3 Å². The van der Waals surface area contributed by atoms with E-state index < -0.39 is 0 Å². The largest absolute Gasteiger partial charge is 0.304 e. The van der Waals surface area contributed by atoms with Gasteiger partial charge in [0.25, 0.3) is 0 Å². The van der Waals surface area contributed by atoms with Crippen LogP contribution in [-0.2, 0) is 6.54 Å². The Morgan fingerprint density at radius 3 is 2.94 bits per heavy atom. The molecule has 2 nitrogen and oxygen atoms in total. The van der Waals surface area contributed by atoms with Crippen molar-refractivity contribution in [3.8, 4) is 0 Å². The smallest absolute Gasteiger partial charge is 0.0334 e. The Morgan fingerprint density at radius 2 is 2.18 bits per heavy atom. The molecule has 3 fully saturated rings. The average Bonchev–Trinajstić information content (AvgIpc) is 2.53. The van der Waals surface area contributed by atoms with Gasteiger partial charge in [0.2, 0.25) is 0 Å². The lowest BCUT2D eigenvalue weighted by atomic mass is 9.95. The summed E-state index contributed by atoms with van der Waals surface area (Å²) in [5.74, 6) is 0.902. The van der Waals surface area contributed by atoms with Crippen molar-refractivity contribution in [3.05, 3.63) is 21.9 Å². The number of piperidine rings is 1. The third kappa shape index (κ3) is 2.42. The topological polar surface area (TPSA) is 6.48 Å². The van der Waals surface area contributed by atoms with Gasteiger partial charge in [0.15, 0.2) is 0 Å². The Morgan fingerprint density at radius 1 is 1.29 bits per heavy atom. The summed E-state index contributed by atoms with van der Waals surface area (Å²) < 4.78 is 0. The zero-order valence-corrected chi connectivity index (χ0v) is 11.7. The Labute approximate surface area is 108 Å². The minimum Gasteiger partial charge on any atom is -0.304 e. The van der Waals surface area contributed by atoms with Crippen LogP contribution in [0.3, 0.4) is 0 Å². The number of likely N-dealkylation sites (N-methyl/N-ethyl adjacent to an activating group) is 1. The lowest BCUT2D eigenvalue weighted by molar-refractivity contribution is 0.125. The predicted octanol–water partition coefficient (Wildman–Crippen LogP) is 2.58. The molecule has 4 heterocycles. The van der Waals surface area contributed by atoms with Crippen molar-refractivity contribution in [1.82, 2.24) is 9.80 Å². The molecule has 0 unspecified atom stereocenters. The van der Waals surface area contributed by atoms with Crippen molar-refractivity contribution in [3.63, 3.8) is 0 Å². The fraction of sp³-hybridized carbons (Fsp3) is 0.714. The normalized spacial score (nSPS) is 30.7. The summed E-state index contributed by atoms with van der Waals surface area (Å²) in [6.45, 7) is 7.30. The number of hydrogen-bond acceptors (Lipinski definition) is 3. The van der Waals surface area contributed by atoms with E-state index in [2.05, 4.69) is 35.2 Å². The molecular weight excluding hydrogens is 228 g/mol. The molecule has 17 heavy (non-hydrogen) atoms. The summed E-state index contributed by atoms with van der Waals surface area (Å²) in [6.07, 6.45) is 2.84. The van der Waals surface area contributed by atoms with Crippen molar-refractivity contribution in [2.24, 2.45) is 5.92 Å². The molecule has 0 aromatic carbocycles. The molecule has 2 bridgehead atoms. The van der Waals surface area contributed by atoms with Crippen LogP contribution in [0.1, 0.15) is 23.3 Å². The maximum atomic E-state index is 2.73. The standard InChI is InChI=1S/C14H22N2S/c1-11-5-6-17-14(11)10-16-8-12-3-4-13(16)9-15(2)7-12/h5-6,12-13H,3-4,7-10H2,1-2H3/t12-,13+/m1/s1. The second-order valence-electron chi connectivity index (χ2n) is 5.77. The zero-order valence-electron chi connectivity index (χ0n) is 10.9. The van der Waals surface area contributed by atoms with E-state index in [0.29, 0.717) is 0 Å². The van der Waals surface area contributed by atoms with Crippen LogP contribution < -0.4 is 0 Å². The van der Waals surface area contributed by atoms with Gasteiger partial charge >= 0.3 is 0 Å². The minimum absolute atomic E-state index is 0.792. The first-order chi connectivity index (χ1) is 8.22. The first kappa shape index (κ1) is 11.7. The number of rotatable bonds is 2. The van der Waals surface area contributed by atoms with E-state index in [4.69, 9.17) is 0 Å². The lowest BCUT2D eigenvalue weighted by Crippen LogP contribution is -2.43. The SMILES string of the molecule is Cc1ccsc1CN1C[C@@H]2CC[C@H]1CN(C)C2. The van der Waals surface area contributed by atoms with E-state index in [0.717, 1.165) is 12.0 Å². The molecule has 0 spiro atoms. The fourth-order valence-corrected chi connectivity index (χ4v) is 4.29. The highest BCUT2D eigenvalue weighted by Gasteiger charge is 2.33. The molecule has 0 N–H and O–H groups in total. The van der Waals surface area contributed by atoms with Gasteiger partial charge in [-0.05, 0) is 49.7 Å². The Bertz CT molecular complexity index is 387. The predicted molar refractivity (Wildman–Crippen MR) is 73.5 cm³/mol. The number of nitrogens with zero attached hydrogens (tertiary/aromatic N) is 2. The summed E-state index contributed by atoms with van der Waals surface area (Å²) >= 11 is 1.92. The highest BCUT2D eigenvalue weighted by atomic mass is 32.1. The van der Waals surface area contributed by atoms with Gasteiger partial charge in [0.1, 0.15) is 0 Å².